The van der Waals surface area contributed by atoms with Crippen molar-refractivity contribution in [2.24, 2.45) is 0 Å². The van der Waals surface area contributed by atoms with Gasteiger partial charge in [0.15, 0.2) is 5.69 Å². The Kier molecular flexibility index (Phi) is 3.32. The fraction of sp³-hybridized carbons (Fsp3) is 0. The topological polar surface area (TPSA) is 54.5 Å². The molecule has 3 rings (SSSR count). The fourth-order valence-electron chi connectivity index (χ4n) is 1.96. The summed E-state index contributed by atoms with van der Waals surface area (Å²) in [5, 5.41) is 13.4. The zero-order valence-electron chi connectivity index (χ0n) is 10.4. The third-order valence-electron chi connectivity index (χ3n) is 2.86. The van der Waals surface area contributed by atoms with Crippen molar-refractivity contribution in [1.82, 2.24) is 14.8 Å². The number of para-hydroxylation sites is 1. The Balaban J connectivity index is 2.24. The van der Waals surface area contributed by atoms with Crippen LogP contribution in [0, 0.1) is 11.3 Å². The minimum Gasteiger partial charge on any atom is -0.264 e. The molecule has 0 saturated heterocycles. The molecule has 96 valence electrons. The third-order valence-corrected chi connectivity index (χ3v) is 3.53. The van der Waals surface area contributed by atoms with Gasteiger partial charge in [-0.3, -0.25) is 4.98 Å². The number of nitrogens with zero attached hydrogens (tertiary/aromatic N) is 4. The van der Waals surface area contributed by atoms with Crippen molar-refractivity contribution >= 4 is 15.9 Å². The molecule has 0 amide bonds. The molecule has 0 atom stereocenters. The van der Waals surface area contributed by atoms with Crippen LogP contribution >= 0.6 is 15.9 Å². The van der Waals surface area contributed by atoms with Gasteiger partial charge in [-0.2, -0.15) is 10.4 Å². The molecule has 0 N–H and O–H groups in total. The minimum atomic E-state index is 0.375. The summed E-state index contributed by atoms with van der Waals surface area (Å²) in [5.41, 5.74) is 3.01. The molecule has 2 heterocycles. The van der Waals surface area contributed by atoms with Gasteiger partial charge in [-0.25, -0.2) is 4.68 Å². The lowest BCUT2D eigenvalue weighted by atomic mass is 10.2. The Morgan fingerprint density at radius 1 is 1.15 bits per heavy atom. The number of rotatable bonds is 2. The lowest BCUT2D eigenvalue weighted by molar-refractivity contribution is 0.875. The first-order chi connectivity index (χ1) is 9.79. The molecule has 3 aromatic rings. The third kappa shape index (κ3) is 2.22. The molecule has 20 heavy (non-hydrogen) atoms. The quantitative estimate of drug-likeness (QED) is 0.724. The van der Waals surface area contributed by atoms with Gasteiger partial charge >= 0.3 is 0 Å². The summed E-state index contributed by atoms with van der Waals surface area (Å²) in [5.74, 6) is 0. The van der Waals surface area contributed by atoms with E-state index in [0.29, 0.717) is 5.69 Å². The van der Waals surface area contributed by atoms with Crippen molar-refractivity contribution in [2.45, 2.75) is 0 Å². The van der Waals surface area contributed by atoms with Gasteiger partial charge in [-0.15, -0.1) is 0 Å². The summed E-state index contributed by atoms with van der Waals surface area (Å²) in [7, 11) is 0. The fourth-order valence-corrected chi connectivity index (χ4v) is 2.42. The summed E-state index contributed by atoms with van der Waals surface area (Å²) in [6.45, 7) is 0. The minimum absolute atomic E-state index is 0.375. The molecule has 0 saturated carbocycles. The first-order valence-electron chi connectivity index (χ1n) is 5.95. The molecule has 0 spiro atoms. The van der Waals surface area contributed by atoms with Crippen LogP contribution in [0.25, 0.3) is 16.9 Å². The van der Waals surface area contributed by atoms with Crippen molar-refractivity contribution < 1.29 is 0 Å². The number of hydrogen-bond donors (Lipinski definition) is 0. The van der Waals surface area contributed by atoms with E-state index in [1.165, 1.54) is 0 Å². The second-order valence-corrected chi connectivity index (χ2v) is 4.99. The van der Waals surface area contributed by atoms with E-state index in [1.54, 1.807) is 23.1 Å². The zero-order valence-corrected chi connectivity index (χ0v) is 11.9. The summed E-state index contributed by atoms with van der Waals surface area (Å²) < 4.78 is 2.66. The van der Waals surface area contributed by atoms with Gasteiger partial charge in [0, 0.05) is 28.5 Å². The monoisotopic (exact) mass is 324 g/mol. The Hall–Kier alpha value is -2.45. The number of pyridine rings is 1. The number of aromatic nitrogens is 3. The number of halogens is 1. The van der Waals surface area contributed by atoms with Crippen molar-refractivity contribution in [2.75, 3.05) is 0 Å². The van der Waals surface area contributed by atoms with Gasteiger partial charge in [0.25, 0.3) is 0 Å². The van der Waals surface area contributed by atoms with Crippen LogP contribution in [0.15, 0.2) is 59.3 Å². The molecular formula is C15H9BrN4. The summed E-state index contributed by atoms with van der Waals surface area (Å²) >= 11 is 3.51. The molecule has 0 aliphatic rings. The first-order valence-corrected chi connectivity index (χ1v) is 6.74. The van der Waals surface area contributed by atoms with E-state index in [-0.39, 0.29) is 0 Å². The van der Waals surface area contributed by atoms with Crippen LogP contribution < -0.4 is 0 Å². The Morgan fingerprint density at radius 2 is 2.00 bits per heavy atom. The maximum absolute atomic E-state index is 9.09. The largest absolute Gasteiger partial charge is 0.264 e. The molecule has 0 aliphatic carbocycles. The van der Waals surface area contributed by atoms with Crippen LogP contribution in [-0.4, -0.2) is 14.8 Å². The molecule has 0 fully saturated rings. The van der Waals surface area contributed by atoms with Crippen LogP contribution in [0.5, 0.6) is 0 Å². The van der Waals surface area contributed by atoms with Crippen LogP contribution in [0.4, 0.5) is 0 Å². The molecule has 0 unspecified atom stereocenters. The van der Waals surface area contributed by atoms with Crippen LogP contribution in [0.1, 0.15) is 5.69 Å². The van der Waals surface area contributed by atoms with E-state index in [1.807, 2.05) is 36.4 Å². The predicted octanol–water partition coefficient (Wildman–Crippen LogP) is 3.57. The van der Waals surface area contributed by atoms with Gasteiger partial charge < -0.3 is 0 Å². The van der Waals surface area contributed by atoms with Crippen molar-refractivity contribution in [3.05, 3.63) is 65.0 Å². The van der Waals surface area contributed by atoms with Crippen LogP contribution in [0.3, 0.4) is 0 Å². The van der Waals surface area contributed by atoms with E-state index < -0.39 is 0 Å². The van der Waals surface area contributed by atoms with Crippen LogP contribution in [0.2, 0.25) is 0 Å². The second kappa shape index (κ2) is 5.27. The standard InChI is InChI=1S/C15H9BrN4/c16-13-5-1-2-6-14(13)20-15(8-12(9-17)19-20)11-4-3-7-18-10-11/h1-8,10H. The van der Waals surface area contributed by atoms with Crippen LogP contribution in [-0.2, 0) is 0 Å². The number of nitriles is 1. The van der Waals surface area contributed by atoms with E-state index in [0.717, 1.165) is 21.4 Å². The normalized spacial score (nSPS) is 10.2. The molecule has 1 aromatic carbocycles. The lowest BCUT2D eigenvalue weighted by Crippen LogP contribution is -2.00. The highest BCUT2D eigenvalue weighted by atomic mass is 79.9. The molecule has 0 bridgehead atoms. The smallest absolute Gasteiger partial charge is 0.163 e. The van der Waals surface area contributed by atoms with Crippen molar-refractivity contribution in [3.63, 3.8) is 0 Å². The first kappa shape index (κ1) is 12.6. The predicted molar refractivity (Wildman–Crippen MR) is 79.2 cm³/mol. The van der Waals surface area contributed by atoms with E-state index in [2.05, 4.69) is 32.1 Å². The highest BCUT2D eigenvalue weighted by Crippen LogP contribution is 2.27. The summed E-state index contributed by atoms with van der Waals surface area (Å²) in [4.78, 5) is 4.12. The Bertz CT molecular complexity index is 787. The lowest BCUT2D eigenvalue weighted by Gasteiger charge is -2.08. The average Bonchev–Trinajstić information content (AvgIpc) is 2.93. The van der Waals surface area contributed by atoms with Gasteiger partial charge in [0.05, 0.1) is 11.4 Å². The molecule has 0 radical (unpaired) electrons. The Labute approximate surface area is 124 Å². The molecule has 2 aromatic heterocycles. The highest BCUT2D eigenvalue weighted by molar-refractivity contribution is 9.10. The van der Waals surface area contributed by atoms with Gasteiger partial charge in [0.1, 0.15) is 6.07 Å². The highest BCUT2D eigenvalue weighted by Gasteiger charge is 2.13. The molecular weight excluding hydrogens is 316 g/mol. The van der Waals surface area contributed by atoms with Crippen molar-refractivity contribution in [3.8, 4) is 23.0 Å². The zero-order chi connectivity index (χ0) is 13.9. The van der Waals surface area contributed by atoms with Gasteiger partial charge in [0.2, 0.25) is 0 Å². The maximum atomic E-state index is 9.09. The average molecular weight is 325 g/mol. The summed E-state index contributed by atoms with van der Waals surface area (Å²) in [6.07, 6.45) is 3.47. The molecule has 5 heteroatoms. The maximum Gasteiger partial charge on any atom is 0.163 e. The number of benzene rings is 1. The van der Waals surface area contributed by atoms with E-state index in [4.69, 9.17) is 5.26 Å². The van der Waals surface area contributed by atoms with Gasteiger partial charge in [-0.05, 0) is 40.2 Å². The van der Waals surface area contributed by atoms with E-state index >= 15 is 0 Å². The summed E-state index contributed by atoms with van der Waals surface area (Å²) in [6, 6.07) is 15.4. The number of hydrogen-bond acceptors (Lipinski definition) is 3. The van der Waals surface area contributed by atoms with Gasteiger partial charge in [-0.1, -0.05) is 12.1 Å². The SMILES string of the molecule is N#Cc1cc(-c2cccnc2)n(-c2ccccc2Br)n1. The van der Waals surface area contributed by atoms with E-state index in [9.17, 15) is 0 Å². The van der Waals surface area contributed by atoms with Crippen molar-refractivity contribution in [1.29, 1.82) is 5.26 Å². The Morgan fingerprint density at radius 3 is 2.70 bits per heavy atom. The molecule has 0 aliphatic heterocycles. The second-order valence-electron chi connectivity index (χ2n) is 4.13. The molecule has 4 nitrogen and oxygen atoms in total.